The van der Waals surface area contributed by atoms with Crippen LogP contribution in [0.15, 0.2) is 29.2 Å². The molecule has 1 aromatic carbocycles. The van der Waals surface area contributed by atoms with Crippen molar-refractivity contribution in [3.8, 4) is 0 Å². The Bertz CT molecular complexity index is 520. The molecule has 0 heterocycles. The number of sulfonamides is 1. The van der Waals surface area contributed by atoms with Gasteiger partial charge in [0.05, 0.1) is 4.90 Å². The van der Waals surface area contributed by atoms with Crippen molar-refractivity contribution in [3.63, 3.8) is 0 Å². The van der Waals surface area contributed by atoms with E-state index < -0.39 is 22.0 Å². The number of hydrogen-bond acceptors (Lipinski definition) is 3. The average Bonchev–Trinajstić information content (AvgIpc) is 2.26. The fraction of sp³-hybridized carbons (Fsp3) is 0.417. The molecule has 5 nitrogen and oxygen atoms in total. The van der Waals surface area contributed by atoms with Crippen LogP contribution in [0.25, 0.3) is 0 Å². The lowest BCUT2D eigenvalue weighted by atomic mass is 10.1. The molecule has 0 aliphatic rings. The minimum atomic E-state index is -3.80. The Balaban J connectivity index is 3.01. The Hall–Kier alpha value is -1.40. The van der Waals surface area contributed by atoms with Gasteiger partial charge in [0.25, 0.3) is 0 Å². The van der Waals surface area contributed by atoms with Gasteiger partial charge in [0.1, 0.15) is 6.04 Å². The van der Waals surface area contributed by atoms with Crippen LogP contribution in [0.4, 0.5) is 0 Å². The summed E-state index contributed by atoms with van der Waals surface area (Å²) in [5.74, 6) is -1.51. The lowest BCUT2D eigenvalue weighted by Crippen LogP contribution is -2.44. The highest BCUT2D eigenvalue weighted by molar-refractivity contribution is 7.89. The number of aryl methyl sites for hydroxylation is 1. The molecule has 0 aromatic heterocycles. The Morgan fingerprint density at radius 1 is 1.22 bits per heavy atom. The van der Waals surface area contributed by atoms with Gasteiger partial charge in [-0.25, -0.2) is 8.42 Å². The first-order valence-corrected chi connectivity index (χ1v) is 7.04. The number of carbonyl (C=O) groups is 1. The third-order valence-electron chi connectivity index (χ3n) is 2.55. The Labute approximate surface area is 107 Å². The average molecular weight is 271 g/mol. The monoisotopic (exact) mass is 271 g/mol. The summed E-state index contributed by atoms with van der Waals surface area (Å²) >= 11 is 0. The van der Waals surface area contributed by atoms with Crippen LogP contribution in [0.2, 0.25) is 0 Å². The summed E-state index contributed by atoms with van der Waals surface area (Å²) < 4.78 is 26.2. The third kappa shape index (κ3) is 3.54. The van der Waals surface area contributed by atoms with E-state index in [1.54, 1.807) is 26.0 Å². The Kier molecular flexibility index (Phi) is 4.48. The van der Waals surface area contributed by atoms with Crippen molar-refractivity contribution < 1.29 is 18.3 Å². The molecular weight excluding hydrogens is 254 g/mol. The molecule has 0 amide bonds. The van der Waals surface area contributed by atoms with Gasteiger partial charge in [-0.05, 0) is 25.0 Å². The van der Waals surface area contributed by atoms with Crippen molar-refractivity contribution in [2.45, 2.75) is 31.7 Å². The van der Waals surface area contributed by atoms with Crippen LogP contribution < -0.4 is 4.72 Å². The highest BCUT2D eigenvalue weighted by Gasteiger charge is 2.27. The van der Waals surface area contributed by atoms with Crippen LogP contribution in [0.3, 0.4) is 0 Å². The van der Waals surface area contributed by atoms with E-state index in [-0.39, 0.29) is 10.8 Å². The van der Waals surface area contributed by atoms with Crippen molar-refractivity contribution in [3.05, 3.63) is 29.8 Å². The molecule has 0 saturated heterocycles. The molecule has 2 N–H and O–H groups in total. The summed E-state index contributed by atoms with van der Waals surface area (Å²) in [4.78, 5) is 11.0. The SMILES string of the molecule is Cc1ccc(S(=O)(=O)NC(C(=O)O)C(C)C)cc1. The van der Waals surface area contributed by atoms with E-state index in [0.717, 1.165) is 5.56 Å². The molecule has 100 valence electrons. The maximum absolute atomic E-state index is 12.0. The molecule has 0 radical (unpaired) electrons. The molecule has 0 saturated carbocycles. The molecule has 18 heavy (non-hydrogen) atoms. The first kappa shape index (κ1) is 14.7. The second-order valence-electron chi connectivity index (χ2n) is 4.49. The summed E-state index contributed by atoms with van der Waals surface area (Å²) in [6.45, 7) is 5.14. The van der Waals surface area contributed by atoms with Gasteiger partial charge in [0.2, 0.25) is 10.0 Å². The second-order valence-corrected chi connectivity index (χ2v) is 6.21. The van der Waals surface area contributed by atoms with Crippen LogP contribution in [0, 0.1) is 12.8 Å². The highest BCUT2D eigenvalue weighted by atomic mass is 32.2. The summed E-state index contributed by atoms with van der Waals surface area (Å²) in [7, 11) is -3.80. The molecule has 0 spiro atoms. The molecule has 0 aliphatic carbocycles. The molecule has 0 fully saturated rings. The fourth-order valence-electron chi connectivity index (χ4n) is 1.42. The summed E-state index contributed by atoms with van der Waals surface area (Å²) in [6, 6.07) is 5.11. The van der Waals surface area contributed by atoms with Crippen molar-refractivity contribution >= 4 is 16.0 Å². The zero-order valence-electron chi connectivity index (χ0n) is 10.5. The van der Waals surface area contributed by atoms with Crippen molar-refractivity contribution in [1.29, 1.82) is 0 Å². The normalized spacial score (nSPS) is 13.6. The predicted molar refractivity (Wildman–Crippen MR) is 67.8 cm³/mol. The van der Waals surface area contributed by atoms with Gasteiger partial charge in [0, 0.05) is 0 Å². The minimum Gasteiger partial charge on any atom is -0.480 e. The van der Waals surface area contributed by atoms with Crippen LogP contribution in [-0.4, -0.2) is 25.5 Å². The Morgan fingerprint density at radius 2 is 1.72 bits per heavy atom. The number of carboxylic acids is 1. The van der Waals surface area contributed by atoms with Crippen LogP contribution in [0.1, 0.15) is 19.4 Å². The smallest absolute Gasteiger partial charge is 0.322 e. The fourth-order valence-corrected chi connectivity index (χ4v) is 2.76. The number of rotatable bonds is 5. The molecular formula is C12H17NO4S. The van der Waals surface area contributed by atoms with E-state index in [9.17, 15) is 13.2 Å². The van der Waals surface area contributed by atoms with Gasteiger partial charge < -0.3 is 5.11 Å². The molecule has 1 atom stereocenters. The molecule has 0 aliphatic heterocycles. The number of benzene rings is 1. The van der Waals surface area contributed by atoms with Gasteiger partial charge >= 0.3 is 5.97 Å². The lowest BCUT2D eigenvalue weighted by Gasteiger charge is -2.17. The molecule has 1 aromatic rings. The quantitative estimate of drug-likeness (QED) is 0.847. The van der Waals surface area contributed by atoms with E-state index in [4.69, 9.17) is 5.11 Å². The predicted octanol–water partition coefficient (Wildman–Crippen LogP) is 1.38. The van der Waals surface area contributed by atoms with E-state index in [2.05, 4.69) is 4.72 Å². The van der Waals surface area contributed by atoms with E-state index >= 15 is 0 Å². The van der Waals surface area contributed by atoms with Gasteiger partial charge in [0.15, 0.2) is 0 Å². The maximum atomic E-state index is 12.0. The number of hydrogen-bond donors (Lipinski definition) is 2. The summed E-state index contributed by atoms with van der Waals surface area (Å²) in [5, 5.41) is 8.97. The molecule has 0 bridgehead atoms. The molecule has 6 heteroatoms. The molecule has 1 unspecified atom stereocenters. The van der Waals surface area contributed by atoms with Crippen molar-refractivity contribution in [2.24, 2.45) is 5.92 Å². The maximum Gasteiger partial charge on any atom is 0.322 e. The summed E-state index contributed by atoms with van der Waals surface area (Å²) in [6.07, 6.45) is 0. The van der Waals surface area contributed by atoms with E-state index in [1.807, 2.05) is 6.92 Å². The zero-order chi connectivity index (χ0) is 13.9. The van der Waals surface area contributed by atoms with Gasteiger partial charge in [-0.1, -0.05) is 31.5 Å². The van der Waals surface area contributed by atoms with Gasteiger partial charge in [-0.15, -0.1) is 0 Å². The standard InChI is InChI=1S/C12H17NO4S/c1-8(2)11(12(14)15)13-18(16,17)10-6-4-9(3)5-7-10/h4-8,11,13H,1-3H3,(H,14,15). The van der Waals surface area contributed by atoms with Crippen molar-refractivity contribution in [1.82, 2.24) is 4.72 Å². The van der Waals surface area contributed by atoms with Gasteiger partial charge in [-0.2, -0.15) is 4.72 Å². The van der Waals surface area contributed by atoms with Crippen LogP contribution >= 0.6 is 0 Å². The van der Waals surface area contributed by atoms with Crippen LogP contribution in [0.5, 0.6) is 0 Å². The first-order valence-electron chi connectivity index (χ1n) is 5.56. The first-order chi connectivity index (χ1) is 8.24. The zero-order valence-corrected chi connectivity index (χ0v) is 11.4. The summed E-state index contributed by atoms with van der Waals surface area (Å²) in [5.41, 5.74) is 0.938. The second kappa shape index (κ2) is 5.49. The third-order valence-corrected chi connectivity index (χ3v) is 4.00. The number of nitrogens with one attached hydrogen (secondary N) is 1. The van der Waals surface area contributed by atoms with E-state index in [1.165, 1.54) is 12.1 Å². The number of aliphatic carboxylic acids is 1. The minimum absolute atomic E-state index is 0.0694. The largest absolute Gasteiger partial charge is 0.480 e. The highest BCUT2D eigenvalue weighted by Crippen LogP contribution is 2.12. The van der Waals surface area contributed by atoms with Crippen molar-refractivity contribution in [2.75, 3.05) is 0 Å². The number of carboxylic acid groups (broad SMARTS) is 1. The van der Waals surface area contributed by atoms with E-state index in [0.29, 0.717) is 0 Å². The molecule has 1 rings (SSSR count). The van der Waals surface area contributed by atoms with Crippen LogP contribution in [-0.2, 0) is 14.8 Å². The topological polar surface area (TPSA) is 83.5 Å². The Morgan fingerprint density at radius 3 is 2.11 bits per heavy atom. The van der Waals surface area contributed by atoms with Gasteiger partial charge in [-0.3, -0.25) is 4.79 Å². The lowest BCUT2D eigenvalue weighted by molar-refractivity contribution is -0.140.